The van der Waals surface area contributed by atoms with Gasteiger partial charge in [0.05, 0.1) is 0 Å². The number of halogens is 1. The Morgan fingerprint density at radius 2 is 1.73 bits per heavy atom. The van der Waals surface area contributed by atoms with Crippen LogP contribution in [0, 0.1) is 0 Å². The predicted octanol–water partition coefficient (Wildman–Crippen LogP) is 1.19. The molecule has 0 spiro atoms. The molecule has 0 bridgehead atoms. The lowest BCUT2D eigenvalue weighted by Gasteiger charge is -2.20. The van der Waals surface area contributed by atoms with E-state index < -0.39 is 0 Å². The molecule has 2 amide bonds. The Morgan fingerprint density at radius 1 is 1.27 bits per heavy atom. The maximum Gasteiger partial charge on any atom is 0.319 e. The summed E-state index contributed by atoms with van der Waals surface area (Å²) in [6.45, 7) is 1.88. The minimum Gasteiger partial charge on any atom is -0.331 e. The summed E-state index contributed by atoms with van der Waals surface area (Å²) < 4.78 is 0. The SMILES string of the molecule is CN(C)C(=O)N1CCCC1.Cl. The van der Waals surface area contributed by atoms with Crippen molar-refractivity contribution in [1.82, 2.24) is 9.80 Å². The van der Waals surface area contributed by atoms with E-state index in [0.29, 0.717) is 0 Å². The number of carbonyl (C=O) groups is 1. The molecule has 0 aliphatic carbocycles. The Bertz CT molecular complexity index is 132. The second-order valence-electron chi connectivity index (χ2n) is 2.87. The molecular formula is C7H15ClN2O. The molecule has 0 saturated carbocycles. The summed E-state index contributed by atoms with van der Waals surface area (Å²) in [7, 11) is 3.58. The van der Waals surface area contributed by atoms with Crippen LogP contribution < -0.4 is 0 Å². The predicted molar refractivity (Wildman–Crippen MR) is 47.1 cm³/mol. The van der Waals surface area contributed by atoms with Crippen molar-refractivity contribution in [1.29, 1.82) is 0 Å². The van der Waals surface area contributed by atoms with E-state index in [1.165, 1.54) is 12.8 Å². The Labute approximate surface area is 73.8 Å². The third kappa shape index (κ3) is 2.58. The molecule has 0 radical (unpaired) electrons. The number of hydrogen-bond donors (Lipinski definition) is 0. The van der Waals surface area contributed by atoms with E-state index in [0.717, 1.165) is 13.1 Å². The van der Waals surface area contributed by atoms with Gasteiger partial charge < -0.3 is 9.80 Å². The fourth-order valence-electron chi connectivity index (χ4n) is 1.19. The molecule has 0 unspecified atom stereocenters. The minimum absolute atomic E-state index is 0. The summed E-state index contributed by atoms with van der Waals surface area (Å²) in [6.07, 6.45) is 2.33. The van der Waals surface area contributed by atoms with Crippen LogP contribution in [0.15, 0.2) is 0 Å². The van der Waals surface area contributed by atoms with Crippen molar-refractivity contribution in [3.63, 3.8) is 0 Å². The van der Waals surface area contributed by atoms with Gasteiger partial charge in [-0.2, -0.15) is 0 Å². The molecule has 0 N–H and O–H groups in total. The molecule has 3 nitrogen and oxygen atoms in total. The van der Waals surface area contributed by atoms with Crippen LogP contribution in [0.2, 0.25) is 0 Å². The van der Waals surface area contributed by atoms with E-state index >= 15 is 0 Å². The summed E-state index contributed by atoms with van der Waals surface area (Å²) in [5, 5.41) is 0. The highest BCUT2D eigenvalue weighted by Gasteiger charge is 2.18. The lowest BCUT2D eigenvalue weighted by Crippen LogP contribution is -2.36. The van der Waals surface area contributed by atoms with Crippen molar-refractivity contribution < 1.29 is 4.79 Å². The van der Waals surface area contributed by atoms with Gasteiger partial charge in [-0.1, -0.05) is 0 Å². The first-order chi connectivity index (χ1) is 4.72. The van der Waals surface area contributed by atoms with Crippen LogP contribution in [-0.2, 0) is 0 Å². The van der Waals surface area contributed by atoms with Crippen molar-refractivity contribution in [3.8, 4) is 0 Å². The summed E-state index contributed by atoms with van der Waals surface area (Å²) >= 11 is 0. The van der Waals surface area contributed by atoms with Crippen LogP contribution in [0.4, 0.5) is 4.79 Å². The number of rotatable bonds is 0. The number of likely N-dealkylation sites (tertiary alicyclic amines) is 1. The van der Waals surface area contributed by atoms with E-state index in [-0.39, 0.29) is 18.4 Å². The van der Waals surface area contributed by atoms with Crippen molar-refractivity contribution in [3.05, 3.63) is 0 Å². The van der Waals surface area contributed by atoms with E-state index in [1.807, 2.05) is 4.90 Å². The number of carbonyl (C=O) groups excluding carboxylic acids is 1. The van der Waals surface area contributed by atoms with E-state index in [2.05, 4.69) is 0 Å². The van der Waals surface area contributed by atoms with Gasteiger partial charge in [-0.05, 0) is 12.8 Å². The average molecular weight is 179 g/mol. The van der Waals surface area contributed by atoms with Gasteiger partial charge in [-0.15, -0.1) is 12.4 Å². The molecule has 1 rings (SSSR count). The van der Waals surface area contributed by atoms with Gasteiger partial charge in [-0.25, -0.2) is 4.79 Å². The van der Waals surface area contributed by atoms with Gasteiger partial charge in [0, 0.05) is 27.2 Å². The Kier molecular flexibility index (Phi) is 4.26. The molecule has 0 aromatic heterocycles. The van der Waals surface area contributed by atoms with Crippen LogP contribution >= 0.6 is 12.4 Å². The first-order valence-electron chi connectivity index (χ1n) is 3.68. The zero-order valence-electron chi connectivity index (χ0n) is 7.04. The quantitative estimate of drug-likeness (QED) is 0.547. The molecule has 1 fully saturated rings. The zero-order chi connectivity index (χ0) is 7.56. The monoisotopic (exact) mass is 178 g/mol. The summed E-state index contributed by atoms with van der Waals surface area (Å²) in [5.74, 6) is 0. The zero-order valence-corrected chi connectivity index (χ0v) is 7.86. The number of amides is 2. The normalized spacial score (nSPS) is 16.0. The molecule has 0 aromatic rings. The molecular weight excluding hydrogens is 164 g/mol. The second-order valence-corrected chi connectivity index (χ2v) is 2.87. The lowest BCUT2D eigenvalue weighted by molar-refractivity contribution is 0.182. The molecule has 0 aromatic carbocycles. The fourth-order valence-corrected chi connectivity index (χ4v) is 1.19. The molecule has 0 atom stereocenters. The maximum atomic E-state index is 11.2. The van der Waals surface area contributed by atoms with Crippen molar-refractivity contribution >= 4 is 18.4 Å². The summed E-state index contributed by atoms with van der Waals surface area (Å²) in [6, 6.07) is 0.150. The minimum atomic E-state index is 0. The topological polar surface area (TPSA) is 23.6 Å². The van der Waals surface area contributed by atoms with Crippen LogP contribution in [0.3, 0.4) is 0 Å². The third-order valence-corrected chi connectivity index (χ3v) is 1.76. The maximum absolute atomic E-state index is 11.2. The van der Waals surface area contributed by atoms with Crippen molar-refractivity contribution in [2.24, 2.45) is 0 Å². The third-order valence-electron chi connectivity index (χ3n) is 1.76. The molecule has 66 valence electrons. The van der Waals surface area contributed by atoms with Gasteiger partial charge in [-0.3, -0.25) is 0 Å². The van der Waals surface area contributed by atoms with Gasteiger partial charge in [0.15, 0.2) is 0 Å². The Balaban J connectivity index is 0.000001000. The number of urea groups is 1. The van der Waals surface area contributed by atoms with Crippen molar-refractivity contribution in [2.75, 3.05) is 27.2 Å². The molecule has 4 heteroatoms. The first kappa shape index (κ1) is 10.6. The van der Waals surface area contributed by atoms with Crippen LogP contribution in [0.5, 0.6) is 0 Å². The Hall–Kier alpha value is -0.440. The van der Waals surface area contributed by atoms with Gasteiger partial charge in [0.2, 0.25) is 0 Å². The van der Waals surface area contributed by atoms with Crippen molar-refractivity contribution in [2.45, 2.75) is 12.8 Å². The smallest absolute Gasteiger partial charge is 0.319 e. The second kappa shape index (κ2) is 4.44. The molecule has 1 aliphatic heterocycles. The van der Waals surface area contributed by atoms with Crippen LogP contribution in [0.25, 0.3) is 0 Å². The largest absolute Gasteiger partial charge is 0.331 e. The Morgan fingerprint density at radius 3 is 2.09 bits per heavy atom. The number of hydrogen-bond acceptors (Lipinski definition) is 1. The average Bonchev–Trinajstić information content (AvgIpc) is 2.36. The van der Waals surface area contributed by atoms with Gasteiger partial charge in [0.25, 0.3) is 0 Å². The van der Waals surface area contributed by atoms with Gasteiger partial charge >= 0.3 is 6.03 Å². The standard InChI is InChI=1S/C7H14N2O.ClH/c1-8(2)7(10)9-5-3-4-6-9;/h3-6H2,1-2H3;1H. The van der Waals surface area contributed by atoms with E-state index in [1.54, 1.807) is 19.0 Å². The highest BCUT2D eigenvalue weighted by molar-refractivity contribution is 5.85. The van der Waals surface area contributed by atoms with E-state index in [9.17, 15) is 4.79 Å². The lowest BCUT2D eigenvalue weighted by atomic mass is 10.4. The number of nitrogens with zero attached hydrogens (tertiary/aromatic N) is 2. The first-order valence-corrected chi connectivity index (χ1v) is 3.68. The van der Waals surface area contributed by atoms with Gasteiger partial charge in [0.1, 0.15) is 0 Å². The summed E-state index contributed by atoms with van der Waals surface area (Å²) in [4.78, 5) is 14.7. The van der Waals surface area contributed by atoms with Crippen LogP contribution in [-0.4, -0.2) is 43.0 Å². The molecule has 1 heterocycles. The molecule has 1 saturated heterocycles. The van der Waals surface area contributed by atoms with E-state index in [4.69, 9.17) is 0 Å². The fraction of sp³-hybridized carbons (Fsp3) is 0.857. The summed E-state index contributed by atoms with van der Waals surface area (Å²) in [5.41, 5.74) is 0. The van der Waals surface area contributed by atoms with Crippen LogP contribution in [0.1, 0.15) is 12.8 Å². The molecule has 1 aliphatic rings. The highest BCUT2D eigenvalue weighted by Crippen LogP contribution is 2.08. The molecule has 11 heavy (non-hydrogen) atoms. The highest BCUT2D eigenvalue weighted by atomic mass is 35.5.